The molecule has 0 aliphatic carbocycles. The highest BCUT2D eigenvalue weighted by atomic mass is 16.5. The number of hydrogen-bond acceptors (Lipinski definition) is 2. The number of hydrogen-bond donors (Lipinski definition) is 1. The average Bonchev–Trinajstić information content (AvgIpc) is 2.59. The summed E-state index contributed by atoms with van der Waals surface area (Å²) in [6, 6.07) is 10.2. The van der Waals surface area contributed by atoms with Gasteiger partial charge in [0.05, 0.1) is 0 Å². The van der Waals surface area contributed by atoms with Gasteiger partial charge in [0.2, 0.25) is 0 Å². The van der Waals surface area contributed by atoms with Crippen molar-refractivity contribution in [1.82, 2.24) is 0 Å². The van der Waals surface area contributed by atoms with Crippen molar-refractivity contribution in [1.29, 1.82) is 0 Å². The minimum absolute atomic E-state index is 0.234. The van der Waals surface area contributed by atoms with Crippen LogP contribution in [0.15, 0.2) is 30.3 Å². The molecule has 2 heteroatoms. The van der Waals surface area contributed by atoms with E-state index in [0.717, 1.165) is 31.4 Å². The molecule has 0 aliphatic heterocycles. The number of aliphatic hydroxyl groups is 1. The lowest BCUT2D eigenvalue weighted by atomic mass is 10.1. The van der Waals surface area contributed by atoms with Gasteiger partial charge in [-0.05, 0) is 31.4 Å². The average molecular weight is 316 g/mol. The third kappa shape index (κ3) is 12.9. The van der Waals surface area contributed by atoms with Gasteiger partial charge in [0.25, 0.3) is 0 Å². The predicted molar refractivity (Wildman–Crippen MR) is 97.4 cm³/mol. The van der Waals surface area contributed by atoms with E-state index in [2.05, 4.69) is 24.0 Å². The zero-order valence-corrected chi connectivity index (χ0v) is 14.4. The second-order valence-corrected chi connectivity index (χ2v) is 5.94. The Morgan fingerprint density at radius 1 is 0.739 bits per heavy atom. The van der Waals surface area contributed by atoms with E-state index in [0.29, 0.717) is 6.61 Å². The Balaban J connectivity index is 1.79. The van der Waals surface area contributed by atoms with Crippen LogP contribution >= 0.6 is 0 Å². The Labute approximate surface area is 142 Å². The molecule has 0 radical (unpaired) electrons. The first-order valence-electron chi connectivity index (χ1n) is 9.16. The Morgan fingerprint density at radius 2 is 1.35 bits per heavy atom. The zero-order valence-electron chi connectivity index (χ0n) is 14.4. The lowest BCUT2D eigenvalue weighted by Gasteiger charge is -2.03. The van der Waals surface area contributed by atoms with Gasteiger partial charge in [-0.1, -0.05) is 68.6 Å². The molecule has 0 aliphatic rings. The molecule has 0 saturated heterocycles. The van der Waals surface area contributed by atoms with E-state index in [9.17, 15) is 0 Å². The monoisotopic (exact) mass is 316 g/mol. The van der Waals surface area contributed by atoms with Crippen LogP contribution in [0.25, 0.3) is 0 Å². The summed E-state index contributed by atoms with van der Waals surface area (Å²) in [6.07, 6.45) is 12.0. The smallest absolute Gasteiger partial charge is 0.0487 e. The molecule has 0 bridgehead atoms. The predicted octanol–water partition coefficient (Wildman–Crippen LogP) is 4.95. The highest BCUT2D eigenvalue weighted by Gasteiger charge is 1.93. The van der Waals surface area contributed by atoms with Crippen LogP contribution in [0.1, 0.15) is 69.8 Å². The molecule has 128 valence electrons. The van der Waals surface area contributed by atoms with Crippen LogP contribution in [0, 0.1) is 11.8 Å². The van der Waals surface area contributed by atoms with Gasteiger partial charge in [0.1, 0.15) is 0 Å². The summed E-state index contributed by atoms with van der Waals surface area (Å²) in [5, 5.41) is 8.62. The molecule has 1 rings (SSSR count). The summed E-state index contributed by atoms with van der Waals surface area (Å²) in [5.74, 6) is 6.47. The molecular weight excluding hydrogens is 284 g/mol. The number of aliphatic hydroxyl groups excluding tert-OH is 1. The van der Waals surface area contributed by atoms with Gasteiger partial charge >= 0.3 is 0 Å². The van der Waals surface area contributed by atoms with Crippen molar-refractivity contribution in [2.75, 3.05) is 19.8 Å². The van der Waals surface area contributed by atoms with Crippen molar-refractivity contribution < 1.29 is 9.84 Å². The molecule has 1 aromatic rings. The molecule has 1 N–H and O–H groups in total. The lowest BCUT2D eigenvalue weighted by molar-refractivity contribution is 0.112. The maximum absolute atomic E-state index is 8.62. The van der Waals surface area contributed by atoms with Crippen molar-refractivity contribution in [3.8, 4) is 11.8 Å². The normalized spacial score (nSPS) is 10.3. The standard InChI is InChI=1S/C21H32O2/c22-18-14-20-23-19-13-8-6-4-2-1-3-5-7-10-15-21-16-11-9-12-17-21/h9,11-12,16-17,22H,1-8,13-14,18-20H2. The molecule has 23 heavy (non-hydrogen) atoms. The summed E-state index contributed by atoms with van der Waals surface area (Å²) < 4.78 is 5.42. The van der Waals surface area contributed by atoms with Gasteiger partial charge in [-0.25, -0.2) is 0 Å². The van der Waals surface area contributed by atoms with E-state index in [1.165, 1.54) is 44.9 Å². The fourth-order valence-corrected chi connectivity index (χ4v) is 2.43. The van der Waals surface area contributed by atoms with E-state index in [-0.39, 0.29) is 6.61 Å². The molecule has 0 atom stereocenters. The highest BCUT2D eigenvalue weighted by Crippen LogP contribution is 2.09. The molecule has 0 heterocycles. The summed E-state index contributed by atoms with van der Waals surface area (Å²) in [4.78, 5) is 0. The molecule has 0 saturated carbocycles. The molecular formula is C21H32O2. The largest absolute Gasteiger partial charge is 0.396 e. The van der Waals surface area contributed by atoms with Gasteiger partial charge in [-0.2, -0.15) is 0 Å². The van der Waals surface area contributed by atoms with E-state index in [1.807, 2.05) is 18.2 Å². The van der Waals surface area contributed by atoms with Crippen LogP contribution in [-0.2, 0) is 4.74 Å². The minimum Gasteiger partial charge on any atom is -0.396 e. The van der Waals surface area contributed by atoms with Crippen LogP contribution in [0.3, 0.4) is 0 Å². The first kappa shape index (κ1) is 19.7. The minimum atomic E-state index is 0.234. The van der Waals surface area contributed by atoms with Crippen LogP contribution < -0.4 is 0 Å². The van der Waals surface area contributed by atoms with Crippen molar-refractivity contribution in [2.24, 2.45) is 0 Å². The van der Waals surface area contributed by atoms with Crippen LogP contribution in [0.2, 0.25) is 0 Å². The Bertz CT molecular complexity index is 416. The molecule has 0 unspecified atom stereocenters. The van der Waals surface area contributed by atoms with Crippen molar-refractivity contribution >= 4 is 0 Å². The summed E-state index contributed by atoms with van der Waals surface area (Å²) in [7, 11) is 0. The maximum atomic E-state index is 8.62. The number of unbranched alkanes of at least 4 members (excludes halogenated alkanes) is 8. The second kappa shape index (κ2) is 15.6. The fraction of sp³-hybridized carbons (Fsp3) is 0.619. The van der Waals surface area contributed by atoms with Crippen LogP contribution in [0.4, 0.5) is 0 Å². The zero-order chi connectivity index (χ0) is 16.4. The molecule has 0 spiro atoms. The highest BCUT2D eigenvalue weighted by molar-refractivity contribution is 5.33. The SMILES string of the molecule is OCCCOCCCCCCCCCCC#Cc1ccccc1. The number of ether oxygens (including phenoxy) is 1. The lowest BCUT2D eigenvalue weighted by Crippen LogP contribution is -1.98. The van der Waals surface area contributed by atoms with E-state index in [1.54, 1.807) is 0 Å². The maximum Gasteiger partial charge on any atom is 0.0487 e. The number of rotatable bonds is 13. The molecule has 0 fully saturated rings. The van der Waals surface area contributed by atoms with Crippen molar-refractivity contribution in [3.05, 3.63) is 35.9 Å². The van der Waals surface area contributed by atoms with Gasteiger partial charge in [0.15, 0.2) is 0 Å². The number of benzene rings is 1. The Kier molecular flexibility index (Phi) is 13.4. The molecule has 2 nitrogen and oxygen atoms in total. The van der Waals surface area contributed by atoms with Gasteiger partial charge in [0, 0.05) is 31.8 Å². The second-order valence-electron chi connectivity index (χ2n) is 5.94. The Hall–Kier alpha value is -1.30. The van der Waals surface area contributed by atoms with E-state index in [4.69, 9.17) is 9.84 Å². The van der Waals surface area contributed by atoms with E-state index >= 15 is 0 Å². The third-order valence-corrected chi connectivity index (χ3v) is 3.79. The third-order valence-electron chi connectivity index (χ3n) is 3.79. The molecule has 0 aromatic heterocycles. The van der Waals surface area contributed by atoms with Gasteiger partial charge < -0.3 is 9.84 Å². The fourth-order valence-electron chi connectivity index (χ4n) is 2.43. The quantitative estimate of drug-likeness (QED) is 0.412. The summed E-state index contributed by atoms with van der Waals surface area (Å²) in [5.41, 5.74) is 1.12. The summed E-state index contributed by atoms with van der Waals surface area (Å²) >= 11 is 0. The molecule has 0 amide bonds. The van der Waals surface area contributed by atoms with Crippen LogP contribution in [0.5, 0.6) is 0 Å². The topological polar surface area (TPSA) is 29.5 Å². The molecule has 1 aromatic carbocycles. The first-order chi connectivity index (χ1) is 11.4. The van der Waals surface area contributed by atoms with Crippen LogP contribution in [-0.4, -0.2) is 24.9 Å². The van der Waals surface area contributed by atoms with Gasteiger partial charge in [-0.3, -0.25) is 0 Å². The van der Waals surface area contributed by atoms with Crippen molar-refractivity contribution in [3.63, 3.8) is 0 Å². The first-order valence-corrected chi connectivity index (χ1v) is 9.16. The van der Waals surface area contributed by atoms with Crippen molar-refractivity contribution in [2.45, 2.75) is 64.2 Å². The Morgan fingerprint density at radius 3 is 2.04 bits per heavy atom. The van der Waals surface area contributed by atoms with E-state index < -0.39 is 0 Å². The summed E-state index contributed by atoms with van der Waals surface area (Å²) in [6.45, 7) is 1.78. The van der Waals surface area contributed by atoms with Gasteiger partial charge in [-0.15, -0.1) is 0 Å².